The molecule has 1 atom stereocenters. The standard InChI is InChI=1S/C13H16N2O4/c1-8(9-5-6-9)7-14-13(17)10-3-2-4-11(12(10)16)15(18)19/h2-4,8-9,16H,5-7H2,1H3,(H,14,17). The highest BCUT2D eigenvalue weighted by Gasteiger charge is 2.28. The maximum Gasteiger partial charge on any atom is 0.311 e. The van der Waals surface area contributed by atoms with E-state index in [4.69, 9.17) is 0 Å². The number of hydrogen-bond acceptors (Lipinski definition) is 4. The van der Waals surface area contributed by atoms with Crippen molar-refractivity contribution >= 4 is 11.6 Å². The van der Waals surface area contributed by atoms with Gasteiger partial charge >= 0.3 is 5.69 Å². The number of hydrogen-bond donors (Lipinski definition) is 2. The normalized spacial score (nSPS) is 15.8. The molecule has 102 valence electrons. The lowest BCUT2D eigenvalue weighted by Gasteiger charge is -2.11. The largest absolute Gasteiger partial charge is 0.502 e. The van der Waals surface area contributed by atoms with Gasteiger partial charge in [-0.3, -0.25) is 14.9 Å². The van der Waals surface area contributed by atoms with E-state index in [1.54, 1.807) is 0 Å². The van der Waals surface area contributed by atoms with Gasteiger partial charge in [-0.1, -0.05) is 13.0 Å². The number of benzene rings is 1. The Morgan fingerprint density at radius 3 is 2.84 bits per heavy atom. The van der Waals surface area contributed by atoms with Crippen molar-refractivity contribution < 1.29 is 14.8 Å². The second-order valence-electron chi connectivity index (χ2n) is 4.96. The van der Waals surface area contributed by atoms with Crippen LogP contribution in [0.3, 0.4) is 0 Å². The first-order chi connectivity index (χ1) is 9.00. The number of phenolic OH excluding ortho intramolecular Hbond substituents is 1. The third kappa shape index (κ3) is 3.01. The average Bonchev–Trinajstić information content (AvgIpc) is 3.19. The first-order valence-electron chi connectivity index (χ1n) is 6.25. The van der Waals surface area contributed by atoms with E-state index in [-0.39, 0.29) is 5.56 Å². The van der Waals surface area contributed by atoms with E-state index < -0.39 is 22.3 Å². The molecule has 6 heteroatoms. The summed E-state index contributed by atoms with van der Waals surface area (Å²) in [7, 11) is 0. The number of amides is 1. The summed E-state index contributed by atoms with van der Waals surface area (Å²) in [4.78, 5) is 21.9. The number of nitrogens with zero attached hydrogens (tertiary/aromatic N) is 1. The van der Waals surface area contributed by atoms with Gasteiger partial charge in [0.05, 0.1) is 10.5 Å². The van der Waals surface area contributed by atoms with Crippen LogP contribution in [-0.2, 0) is 0 Å². The van der Waals surface area contributed by atoms with E-state index in [2.05, 4.69) is 12.2 Å². The van der Waals surface area contributed by atoms with E-state index in [9.17, 15) is 20.0 Å². The summed E-state index contributed by atoms with van der Waals surface area (Å²) in [5.41, 5.74) is -0.514. The maximum atomic E-state index is 11.9. The molecule has 0 radical (unpaired) electrons. The highest BCUT2D eigenvalue weighted by molar-refractivity contribution is 5.98. The molecule has 2 N–H and O–H groups in total. The molecular weight excluding hydrogens is 248 g/mol. The molecule has 0 aromatic heterocycles. The third-order valence-electron chi connectivity index (χ3n) is 3.47. The molecule has 1 unspecified atom stereocenters. The quantitative estimate of drug-likeness (QED) is 0.629. The van der Waals surface area contributed by atoms with Gasteiger partial charge in [0.25, 0.3) is 5.91 Å². The number of aromatic hydroxyl groups is 1. The third-order valence-corrected chi connectivity index (χ3v) is 3.47. The second kappa shape index (κ2) is 5.26. The number of nitrogens with one attached hydrogen (secondary N) is 1. The van der Waals surface area contributed by atoms with Crippen molar-refractivity contribution in [3.63, 3.8) is 0 Å². The Labute approximate surface area is 110 Å². The highest BCUT2D eigenvalue weighted by atomic mass is 16.6. The number of nitro groups is 1. The summed E-state index contributed by atoms with van der Waals surface area (Å²) in [6.45, 7) is 2.58. The predicted molar refractivity (Wildman–Crippen MR) is 69.0 cm³/mol. The summed E-state index contributed by atoms with van der Waals surface area (Å²) in [6, 6.07) is 3.93. The van der Waals surface area contributed by atoms with E-state index in [0.717, 1.165) is 0 Å². The summed E-state index contributed by atoms with van der Waals surface area (Å²) < 4.78 is 0. The van der Waals surface area contributed by atoms with Crippen LogP contribution in [0.25, 0.3) is 0 Å². The van der Waals surface area contributed by atoms with Crippen molar-refractivity contribution in [2.24, 2.45) is 11.8 Å². The van der Waals surface area contributed by atoms with Crippen LogP contribution in [0.4, 0.5) is 5.69 Å². The number of rotatable bonds is 5. The Kier molecular flexibility index (Phi) is 3.69. The molecule has 1 fully saturated rings. The second-order valence-corrected chi connectivity index (χ2v) is 4.96. The van der Waals surface area contributed by atoms with Crippen LogP contribution in [0.15, 0.2) is 18.2 Å². The van der Waals surface area contributed by atoms with E-state index in [1.165, 1.54) is 31.0 Å². The molecule has 1 aromatic carbocycles. The summed E-state index contributed by atoms with van der Waals surface area (Å²) in [6.07, 6.45) is 2.39. The van der Waals surface area contributed by atoms with Crippen LogP contribution in [0.5, 0.6) is 5.75 Å². The first-order valence-corrected chi connectivity index (χ1v) is 6.25. The Bertz CT molecular complexity index is 511. The number of carbonyl (C=O) groups excluding carboxylic acids is 1. The molecular formula is C13H16N2O4. The molecule has 0 aliphatic heterocycles. The van der Waals surface area contributed by atoms with Gasteiger partial charge in [0.2, 0.25) is 5.75 Å². The number of nitro benzene ring substituents is 1. The molecule has 1 amide bonds. The molecule has 1 saturated carbocycles. The highest BCUT2D eigenvalue weighted by Crippen LogP contribution is 2.36. The van der Waals surface area contributed by atoms with Gasteiger partial charge in [-0.2, -0.15) is 0 Å². The van der Waals surface area contributed by atoms with Gasteiger partial charge < -0.3 is 10.4 Å². The molecule has 2 rings (SSSR count). The Hall–Kier alpha value is -2.11. The molecule has 0 bridgehead atoms. The Morgan fingerprint density at radius 2 is 2.26 bits per heavy atom. The molecule has 1 aliphatic rings. The van der Waals surface area contributed by atoms with Crippen molar-refractivity contribution in [2.75, 3.05) is 6.54 Å². The van der Waals surface area contributed by atoms with Gasteiger partial charge in [0.15, 0.2) is 0 Å². The van der Waals surface area contributed by atoms with Crippen molar-refractivity contribution in [1.82, 2.24) is 5.32 Å². The van der Waals surface area contributed by atoms with Crippen LogP contribution >= 0.6 is 0 Å². The van der Waals surface area contributed by atoms with Gasteiger partial charge in [0.1, 0.15) is 0 Å². The minimum atomic E-state index is -0.709. The van der Waals surface area contributed by atoms with Crippen LogP contribution in [0.2, 0.25) is 0 Å². The van der Waals surface area contributed by atoms with Crippen molar-refractivity contribution in [1.29, 1.82) is 0 Å². The summed E-state index contributed by atoms with van der Waals surface area (Å²) >= 11 is 0. The minimum absolute atomic E-state index is 0.0582. The fraction of sp³-hybridized carbons (Fsp3) is 0.462. The van der Waals surface area contributed by atoms with Gasteiger partial charge in [-0.05, 0) is 30.7 Å². The predicted octanol–water partition coefficient (Wildman–Crippen LogP) is 2.08. The fourth-order valence-electron chi connectivity index (χ4n) is 2.04. The lowest BCUT2D eigenvalue weighted by atomic mass is 10.1. The Balaban J connectivity index is 2.06. The number of para-hydroxylation sites is 1. The lowest BCUT2D eigenvalue weighted by molar-refractivity contribution is -0.385. The smallest absolute Gasteiger partial charge is 0.311 e. The van der Waals surface area contributed by atoms with Crippen molar-refractivity contribution in [3.8, 4) is 5.75 Å². The number of phenols is 1. The molecule has 1 aliphatic carbocycles. The Morgan fingerprint density at radius 1 is 1.58 bits per heavy atom. The van der Waals surface area contributed by atoms with Gasteiger partial charge in [0, 0.05) is 12.6 Å². The fourth-order valence-corrected chi connectivity index (χ4v) is 2.04. The van der Waals surface area contributed by atoms with E-state index in [0.29, 0.717) is 18.4 Å². The van der Waals surface area contributed by atoms with Crippen LogP contribution in [0.1, 0.15) is 30.1 Å². The maximum absolute atomic E-state index is 11.9. The first kappa shape index (κ1) is 13.3. The molecule has 0 saturated heterocycles. The monoisotopic (exact) mass is 264 g/mol. The van der Waals surface area contributed by atoms with Crippen LogP contribution in [-0.4, -0.2) is 22.5 Å². The summed E-state index contributed by atoms with van der Waals surface area (Å²) in [5, 5.41) is 23.1. The topological polar surface area (TPSA) is 92.5 Å². The van der Waals surface area contributed by atoms with Crippen molar-refractivity contribution in [3.05, 3.63) is 33.9 Å². The molecule has 0 heterocycles. The zero-order valence-corrected chi connectivity index (χ0v) is 10.6. The molecule has 0 spiro atoms. The zero-order chi connectivity index (χ0) is 14.0. The van der Waals surface area contributed by atoms with Gasteiger partial charge in [-0.25, -0.2) is 0 Å². The summed E-state index contributed by atoms with van der Waals surface area (Å²) in [5.74, 6) is 0.00146. The molecule has 19 heavy (non-hydrogen) atoms. The lowest BCUT2D eigenvalue weighted by Crippen LogP contribution is -2.29. The van der Waals surface area contributed by atoms with Crippen LogP contribution in [0, 0.1) is 22.0 Å². The van der Waals surface area contributed by atoms with E-state index >= 15 is 0 Å². The zero-order valence-electron chi connectivity index (χ0n) is 10.6. The average molecular weight is 264 g/mol. The SMILES string of the molecule is CC(CNC(=O)c1cccc([N+](=O)[O-])c1O)C1CC1. The van der Waals surface area contributed by atoms with E-state index in [1.807, 2.05) is 0 Å². The minimum Gasteiger partial charge on any atom is -0.502 e. The molecule has 6 nitrogen and oxygen atoms in total. The van der Waals surface area contributed by atoms with Gasteiger partial charge in [-0.15, -0.1) is 0 Å². The molecule has 1 aromatic rings. The van der Waals surface area contributed by atoms with Crippen molar-refractivity contribution in [2.45, 2.75) is 19.8 Å². The van der Waals surface area contributed by atoms with Crippen LogP contribution < -0.4 is 5.32 Å². The number of carbonyl (C=O) groups is 1.